The number of benzene rings is 2. The van der Waals surface area contributed by atoms with Crippen molar-refractivity contribution in [2.45, 2.75) is 13.0 Å². The fourth-order valence-corrected chi connectivity index (χ4v) is 2.11. The van der Waals surface area contributed by atoms with Crippen molar-refractivity contribution in [2.75, 3.05) is 13.2 Å². The van der Waals surface area contributed by atoms with Crippen LogP contribution in [-0.2, 0) is 6.54 Å². The SMILES string of the molecule is NCc1ccc(OCCCOc2ccccc2Br)cc1. The molecule has 0 aliphatic carbocycles. The molecule has 0 fully saturated rings. The summed E-state index contributed by atoms with van der Waals surface area (Å²) in [7, 11) is 0. The Hall–Kier alpha value is -1.52. The van der Waals surface area contributed by atoms with Gasteiger partial charge in [-0.2, -0.15) is 0 Å². The van der Waals surface area contributed by atoms with Crippen molar-refractivity contribution in [3.8, 4) is 11.5 Å². The molecule has 20 heavy (non-hydrogen) atoms. The van der Waals surface area contributed by atoms with Gasteiger partial charge in [-0.15, -0.1) is 0 Å². The van der Waals surface area contributed by atoms with Crippen molar-refractivity contribution in [3.05, 3.63) is 58.6 Å². The van der Waals surface area contributed by atoms with Crippen LogP contribution in [0.2, 0.25) is 0 Å². The predicted octanol–water partition coefficient (Wildman–Crippen LogP) is 3.76. The largest absolute Gasteiger partial charge is 0.493 e. The van der Waals surface area contributed by atoms with Gasteiger partial charge in [-0.3, -0.25) is 0 Å². The molecular formula is C16H18BrNO2. The summed E-state index contributed by atoms with van der Waals surface area (Å²) in [6, 6.07) is 15.7. The maximum atomic E-state index is 5.67. The third-order valence-electron chi connectivity index (χ3n) is 2.81. The van der Waals surface area contributed by atoms with Gasteiger partial charge in [0, 0.05) is 13.0 Å². The lowest BCUT2D eigenvalue weighted by Crippen LogP contribution is -2.05. The minimum atomic E-state index is 0.556. The highest BCUT2D eigenvalue weighted by molar-refractivity contribution is 9.10. The van der Waals surface area contributed by atoms with E-state index in [4.69, 9.17) is 15.2 Å². The van der Waals surface area contributed by atoms with E-state index in [1.165, 1.54) is 0 Å². The van der Waals surface area contributed by atoms with E-state index in [1.54, 1.807) is 0 Å². The molecule has 0 unspecified atom stereocenters. The van der Waals surface area contributed by atoms with E-state index in [1.807, 2.05) is 48.5 Å². The smallest absolute Gasteiger partial charge is 0.133 e. The molecule has 0 aliphatic heterocycles. The van der Waals surface area contributed by atoms with E-state index >= 15 is 0 Å². The Kier molecular flexibility index (Phi) is 5.89. The normalized spacial score (nSPS) is 10.3. The Morgan fingerprint density at radius 1 is 0.900 bits per heavy atom. The van der Waals surface area contributed by atoms with E-state index in [0.717, 1.165) is 28.0 Å². The summed E-state index contributed by atoms with van der Waals surface area (Å²) >= 11 is 3.45. The van der Waals surface area contributed by atoms with Crippen molar-refractivity contribution in [1.82, 2.24) is 0 Å². The lowest BCUT2D eigenvalue weighted by molar-refractivity contribution is 0.246. The zero-order valence-electron chi connectivity index (χ0n) is 11.2. The summed E-state index contributed by atoms with van der Waals surface area (Å²) in [5.41, 5.74) is 6.65. The Labute approximate surface area is 127 Å². The first-order valence-electron chi connectivity index (χ1n) is 6.59. The number of rotatable bonds is 7. The molecule has 2 aromatic carbocycles. The highest BCUT2D eigenvalue weighted by atomic mass is 79.9. The van der Waals surface area contributed by atoms with E-state index in [0.29, 0.717) is 19.8 Å². The molecule has 0 radical (unpaired) electrons. The molecule has 3 nitrogen and oxygen atoms in total. The zero-order valence-corrected chi connectivity index (χ0v) is 12.8. The molecule has 2 rings (SSSR count). The minimum absolute atomic E-state index is 0.556. The quantitative estimate of drug-likeness (QED) is 0.783. The molecule has 0 aromatic heterocycles. The molecule has 106 valence electrons. The highest BCUT2D eigenvalue weighted by Crippen LogP contribution is 2.23. The monoisotopic (exact) mass is 335 g/mol. The zero-order chi connectivity index (χ0) is 14.2. The summed E-state index contributed by atoms with van der Waals surface area (Å²) in [5, 5.41) is 0. The van der Waals surface area contributed by atoms with Crippen LogP contribution in [0, 0.1) is 0 Å². The summed E-state index contributed by atoms with van der Waals surface area (Å²) < 4.78 is 12.3. The molecule has 4 heteroatoms. The lowest BCUT2D eigenvalue weighted by Gasteiger charge is -2.09. The molecule has 0 aliphatic rings. The Bertz CT molecular complexity index is 528. The number of ether oxygens (including phenoxy) is 2. The average Bonchev–Trinajstić information content (AvgIpc) is 2.49. The molecule has 0 bridgehead atoms. The van der Waals surface area contributed by atoms with Crippen molar-refractivity contribution >= 4 is 15.9 Å². The van der Waals surface area contributed by atoms with Crippen molar-refractivity contribution in [3.63, 3.8) is 0 Å². The first kappa shape index (κ1) is 14.9. The standard InChI is InChI=1S/C16H18BrNO2/c17-15-4-1-2-5-16(15)20-11-3-10-19-14-8-6-13(12-18)7-9-14/h1-2,4-9H,3,10-12,18H2. The molecule has 0 atom stereocenters. The predicted molar refractivity (Wildman–Crippen MR) is 84.1 cm³/mol. The Morgan fingerprint density at radius 2 is 1.60 bits per heavy atom. The number of halogens is 1. The third-order valence-corrected chi connectivity index (χ3v) is 3.47. The van der Waals surface area contributed by atoms with Crippen LogP contribution < -0.4 is 15.2 Å². The van der Waals surface area contributed by atoms with Crippen LogP contribution >= 0.6 is 15.9 Å². The van der Waals surface area contributed by atoms with Crippen molar-refractivity contribution in [2.24, 2.45) is 5.73 Å². The van der Waals surface area contributed by atoms with Crippen LogP contribution in [0.4, 0.5) is 0 Å². The molecular weight excluding hydrogens is 318 g/mol. The van der Waals surface area contributed by atoms with Crippen LogP contribution in [0.15, 0.2) is 53.0 Å². The van der Waals surface area contributed by atoms with Crippen LogP contribution in [-0.4, -0.2) is 13.2 Å². The third kappa shape index (κ3) is 4.54. The lowest BCUT2D eigenvalue weighted by atomic mass is 10.2. The summed E-state index contributed by atoms with van der Waals surface area (Å²) in [6.45, 7) is 1.82. The second-order valence-electron chi connectivity index (χ2n) is 4.33. The number of hydrogen-bond donors (Lipinski definition) is 1. The van der Waals surface area contributed by atoms with Crippen molar-refractivity contribution < 1.29 is 9.47 Å². The summed E-state index contributed by atoms with van der Waals surface area (Å²) in [6.07, 6.45) is 0.833. The first-order valence-corrected chi connectivity index (χ1v) is 7.38. The minimum Gasteiger partial charge on any atom is -0.493 e. The fraction of sp³-hybridized carbons (Fsp3) is 0.250. The Morgan fingerprint density at radius 3 is 2.30 bits per heavy atom. The topological polar surface area (TPSA) is 44.5 Å². The van der Waals surface area contributed by atoms with E-state index in [9.17, 15) is 0 Å². The van der Waals surface area contributed by atoms with Gasteiger partial charge in [-0.25, -0.2) is 0 Å². The van der Waals surface area contributed by atoms with Gasteiger partial charge in [0.1, 0.15) is 11.5 Å². The van der Waals surface area contributed by atoms with Gasteiger partial charge in [0.25, 0.3) is 0 Å². The molecule has 0 saturated carbocycles. The average molecular weight is 336 g/mol. The van der Waals surface area contributed by atoms with Crippen LogP contribution in [0.25, 0.3) is 0 Å². The van der Waals surface area contributed by atoms with Gasteiger partial charge in [0.15, 0.2) is 0 Å². The van der Waals surface area contributed by atoms with Gasteiger partial charge in [0.2, 0.25) is 0 Å². The first-order chi connectivity index (χ1) is 9.79. The van der Waals surface area contributed by atoms with Crippen LogP contribution in [0.1, 0.15) is 12.0 Å². The van der Waals surface area contributed by atoms with Gasteiger partial charge in [-0.05, 0) is 45.8 Å². The summed E-state index contributed by atoms with van der Waals surface area (Å²) in [4.78, 5) is 0. The van der Waals surface area contributed by atoms with E-state index in [2.05, 4.69) is 15.9 Å². The number of para-hydroxylation sites is 1. The molecule has 0 amide bonds. The van der Waals surface area contributed by atoms with E-state index < -0.39 is 0 Å². The molecule has 2 N–H and O–H groups in total. The molecule has 0 saturated heterocycles. The van der Waals surface area contributed by atoms with Crippen molar-refractivity contribution in [1.29, 1.82) is 0 Å². The fourth-order valence-electron chi connectivity index (χ4n) is 1.71. The number of hydrogen-bond acceptors (Lipinski definition) is 3. The maximum Gasteiger partial charge on any atom is 0.133 e. The summed E-state index contributed by atoms with van der Waals surface area (Å²) in [5.74, 6) is 1.72. The maximum absolute atomic E-state index is 5.67. The van der Waals surface area contributed by atoms with Crippen LogP contribution in [0.5, 0.6) is 11.5 Å². The van der Waals surface area contributed by atoms with E-state index in [-0.39, 0.29) is 0 Å². The van der Waals surface area contributed by atoms with Gasteiger partial charge < -0.3 is 15.2 Å². The molecule has 0 heterocycles. The number of nitrogens with two attached hydrogens (primary N) is 1. The van der Waals surface area contributed by atoms with Gasteiger partial charge in [0.05, 0.1) is 17.7 Å². The second kappa shape index (κ2) is 7.92. The molecule has 0 spiro atoms. The second-order valence-corrected chi connectivity index (χ2v) is 5.18. The van der Waals surface area contributed by atoms with Crippen LogP contribution in [0.3, 0.4) is 0 Å². The molecule has 2 aromatic rings. The van der Waals surface area contributed by atoms with Gasteiger partial charge in [-0.1, -0.05) is 24.3 Å². The van der Waals surface area contributed by atoms with Gasteiger partial charge >= 0.3 is 0 Å². The highest BCUT2D eigenvalue weighted by Gasteiger charge is 1.99. The Balaban J connectivity index is 1.67.